The molecule has 0 fully saturated rings. The summed E-state index contributed by atoms with van der Waals surface area (Å²) in [6.45, 7) is 0.727. The van der Waals surface area contributed by atoms with Crippen LogP contribution in [0.4, 0.5) is 0 Å². The minimum absolute atomic E-state index is 0. The molecule has 0 rings (SSSR count). The van der Waals surface area contributed by atoms with E-state index in [9.17, 15) is 28.7 Å². The molecule has 1 atom stereocenters. The Morgan fingerprint density at radius 2 is 1.18 bits per heavy atom. The molecule has 0 aliphatic heterocycles. The maximum absolute atomic E-state index is 10.3. The van der Waals surface area contributed by atoms with Crippen LogP contribution in [-0.2, 0) is 9.13 Å². The molecule has 0 radical (unpaired) electrons. The number of hydrogen-bond donors (Lipinski definition) is 2. The van der Waals surface area contributed by atoms with Crippen molar-refractivity contribution in [2.24, 2.45) is 5.73 Å². The van der Waals surface area contributed by atoms with Gasteiger partial charge in [-0.2, -0.15) is 0 Å². The fourth-order valence-corrected chi connectivity index (χ4v) is 2.85. The van der Waals surface area contributed by atoms with Crippen molar-refractivity contribution in [3.8, 4) is 0 Å². The van der Waals surface area contributed by atoms with Crippen LogP contribution in [0.2, 0.25) is 0 Å². The topological polar surface area (TPSA) is 173 Å². The predicted molar refractivity (Wildman–Crippen MR) is 33.8 cm³/mol. The zero-order chi connectivity index (χ0) is 11.1. The Bertz CT molecular complexity index is 267. The first-order valence-corrected chi connectivity index (χ1v) is 6.05. The summed E-state index contributed by atoms with van der Waals surface area (Å²) in [5.74, 6) is 0. The average Bonchev–Trinajstić information content (AvgIpc) is 1.80. The van der Waals surface area contributed by atoms with E-state index < -0.39 is 26.3 Å². The standard InChI is InChI=1S/C3H11NO7P2.4Na/c1-2(4)3(5,12(6,7)8)13(9,10)11;;;;/h2,5H,4H2,1H3,(H2,6,7,8)(H2,9,10,11);;;;/q;4*+1/p-4/t2-;;;;/m0..../s1. The van der Waals surface area contributed by atoms with Gasteiger partial charge in [-0.3, -0.25) is 0 Å². The zero-order valence-corrected chi connectivity index (χ0v) is 20.2. The summed E-state index contributed by atoms with van der Waals surface area (Å²) in [4.78, 5) is 41.2. The van der Waals surface area contributed by atoms with Crippen LogP contribution >= 0.6 is 15.2 Å². The Labute approximate surface area is 187 Å². The van der Waals surface area contributed by atoms with Crippen molar-refractivity contribution in [2.45, 2.75) is 18.0 Å². The molecule has 0 spiro atoms. The molecule has 0 aromatic heterocycles. The molecule has 0 heterocycles. The van der Waals surface area contributed by atoms with Gasteiger partial charge in [0.05, 0.1) is 0 Å². The molecule has 0 aliphatic rings. The zero-order valence-electron chi connectivity index (χ0n) is 10.4. The van der Waals surface area contributed by atoms with Crippen LogP contribution in [0.25, 0.3) is 0 Å². The Hall–Kier alpha value is 4.22. The third kappa shape index (κ3) is 8.43. The Morgan fingerprint density at radius 3 is 1.18 bits per heavy atom. The summed E-state index contributed by atoms with van der Waals surface area (Å²) in [7, 11) is -12.0. The summed E-state index contributed by atoms with van der Waals surface area (Å²) >= 11 is 0. The minimum atomic E-state index is -6.02. The first kappa shape index (κ1) is 33.0. The van der Waals surface area contributed by atoms with Crippen LogP contribution in [0.5, 0.6) is 0 Å². The molecule has 0 unspecified atom stereocenters. The summed E-state index contributed by atoms with van der Waals surface area (Å²) in [6.07, 6.45) is 0. The largest absolute Gasteiger partial charge is 1.00 e. The van der Waals surface area contributed by atoms with Gasteiger partial charge in [0.2, 0.25) is 0 Å². The van der Waals surface area contributed by atoms with E-state index >= 15 is 0 Å². The van der Waals surface area contributed by atoms with Crippen molar-refractivity contribution in [3.05, 3.63) is 0 Å². The molecule has 17 heavy (non-hydrogen) atoms. The maximum Gasteiger partial charge on any atom is 1.00 e. The van der Waals surface area contributed by atoms with Crippen molar-refractivity contribution < 1.29 is 152 Å². The predicted octanol–water partition coefficient (Wildman–Crippen LogP) is -16.2. The molecule has 0 amide bonds. The summed E-state index contributed by atoms with van der Waals surface area (Å²) < 4.78 is 20.6. The van der Waals surface area contributed by atoms with E-state index in [0.717, 1.165) is 6.92 Å². The van der Waals surface area contributed by atoms with E-state index in [4.69, 9.17) is 10.8 Å². The van der Waals surface area contributed by atoms with Gasteiger partial charge in [-0.1, -0.05) is 0 Å². The summed E-state index contributed by atoms with van der Waals surface area (Å²) in [6, 6.07) is -2.01. The van der Waals surface area contributed by atoms with Crippen molar-refractivity contribution >= 4 is 15.2 Å². The van der Waals surface area contributed by atoms with Crippen LogP contribution in [0.15, 0.2) is 0 Å². The number of hydrogen-bond acceptors (Lipinski definition) is 8. The maximum atomic E-state index is 10.3. The molecule has 14 heteroatoms. The Morgan fingerprint density at radius 1 is 1.00 bits per heavy atom. The first-order valence-electron chi connectivity index (χ1n) is 2.97. The molecule has 0 bridgehead atoms. The molecule has 8 nitrogen and oxygen atoms in total. The van der Waals surface area contributed by atoms with Gasteiger partial charge in [-0.25, -0.2) is 0 Å². The van der Waals surface area contributed by atoms with Crippen molar-refractivity contribution in [2.75, 3.05) is 0 Å². The number of nitrogens with two attached hydrogens (primary N) is 1. The molecule has 0 aliphatic carbocycles. The van der Waals surface area contributed by atoms with Gasteiger partial charge < -0.3 is 39.5 Å². The van der Waals surface area contributed by atoms with Crippen LogP contribution < -0.4 is 144 Å². The normalized spacial score (nSPS) is 13.1. The van der Waals surface area contributed by atoms with Gasteiger partial charge in [0.1, 0.15) is 5.08 Å². The number of aliphatic hydroxyl groups is 1. The molecule has 80 valence electrons. The average molecular weight is 323 g/mol. The van der Waals surface area contributed by atoms with E-state index in [-0.39, 0.29) is 118 Å². The molecule has 3 N–H and O–H groups in total. The Kier molecular flexibility index (Phi) is 22.8. The van der Waals surface area contributed by atoms with Crippen LogP contribution in [0.1, 0.15) is 6.92 Å². The summed E-state index contributed by atoms with van der Waals surface area (Å²) in [5.41, 5.74) is 4.75. The van der Waals surface area contributed by atoms with E-state index in [1.807, 2.05) is 0 Å². The fraction of sp³-hybridized carbons (Fsp3) is 1.00. The van der Waals surface area contributed by atoms with Crippen molar-refractivity contribution in [1.29, 1.82) is 0 Å². The van der Waals surface area contributed by atoms with E-state index in [1.165, 1.54) is 0 Å². The van der Waals surface area contributed by atoms with E-state index in [2.05, 4.69) is 0 Å². The third-order valence-electron chi connectivity index (χ3n) is 1.42. The SMILES string of the molecule is C[C@H](N)C(O)(P(=O)([O-])[O-])P(=O)([O-])[O-].[Na+].[Na+].[Na+].[Na+]. The second-order valence-electron chi connectivity index (χ2n) is 2.47. The molecule has 0 saturated heterocycles. The van der Waals surface area contributed by atoms with Crippen molar-refractivity contribution in [3.63, 3.8) is 0 Å². The number of rotatable bonds is 3. The van der Waals surface area contributed by atoms with Crippen LogP contribution in [0.3, 0.4) is 0 Å². The molecule has 0 saturated carbocycles. The van der Waals surface area contributed by atoms with Crippen molar-refractivity contribution in [1.82, 2.24) is 0 Å². The first-order chi connectivity index (χ1) is 5.44. The van der Waals surface area contributed by atoms with Gasteiger partial charge in [0.15, 0.2) is 0 Å². The smallest absolute Gasteiger partial charge is 0.808 e. The van der Waals surface area contributed by atoms with Crippen LogP contribution in [-0.4, -0.2) is 16.2 Å². The van der Waals surface area contributed by atoms with E-state index in [0.29, 0.717) is 0 Å². The van der Waals surface area contributed by atoms with Gasteiger partial charge in [-0.05, 0) is 22.1 Å². The molecule has 0 aromatic rings. The minimum Gasteiger partial charge on any atom is -0.808 e. The molecular formula is C3H7NNa4O7P2. The second kappa shape index (κ2) is 11.7. The second-order valence-corrected chi connectivity index (χ2v) is 6.18. The Balaban J connectivity index is -0.000000120. The quantitative estimate of drug-likeness (QED) is 0.380. The van der Waals surface area contributed by atoms with Gasteiger partial charge >= 0.3 is 118 Å². The van der Waals surface area contributed by atoms with Crippen LogP contribution in [0, 0.1) is 0 Å². The monoisotopic (exact) mass is 323 g/mol. The van der Waals surface area contributed by atoms with Gasteiger partial charge in [0, 0.05) is 6.04 Å². The van der Waals surface area contributed by atoms with Gasteiger partial charge in [0.25, 0.3) is 0 Å². The molecular weight excluding hydrogens is 316 g/mol. The summed E-state index contributed by atoms with van der Waals surface area (Å²) in [5, 5.41) is 4.90. The van der Waals surface area contributed by atoms with Gasteiger partial charge in [-0.15, -0.1) is 0 Å². The third-order valence-corrected chi connectivity index (χ3v) is 5.31. The molecule has 0 aromatic carbocycles. The fourth-order valence-electron chi connectivity index (χ4n) is 0.649. The van der Waals surface area contributed by atoms with E-state index in [1.54, 1.807) is 0 Å².